The number of nitrogen functional groups attached to an aromatic ring is 1. The molecule has 0 spiro atoms. The fraction of sp³-hybridized carbons (Fsp3) is 0.0909. The normalized spacial score (nSPS) is 10.3. The van der Waals surface area contributed by atoms with E-state index in [9.17, 15) is 14.0 Å². The van der Waals surface area contributed by atoms with Gasteiger partial charge in [-0.3, -0.25) is 15.0 Å². The van der Waals surface area contributed by atoms with Gasteiger partial charge in [0.1, 0.15) is 23.2 Å². The molecule has 0 radical (unpaired) electrons. The van der Waals surface area contributed by atoms with E-state index in [0.717, 1.165) is 11.6 Å². The number of hydrogen-bond donors (Lipinski definition) is 4. The third kappa shape index (κ3) is 5.02. The Morgan fingerprint density at radius 1 is 1.03 bits per heavy atom. The number of nitrogens with one attached hydrogen (secondary N) is 3. The maximum Gasteiger partial charge on any atom is 0.259 e. The molecule has 0 saturated heterocycles. The van der Waals surface area contributed by atoms with Gasteiger partial charge in [-0.25, -0.2) is 9.37 Å². The lowest BCUT2D eigenvalue weighted by molar-refractivity contribution is 0.102. The summed E-state index contributed by atoms with van der Waals surface area (Å²) in [6, 6.07) is 11.5. The number of amidine groups is 1. The number of anilines is 2. The Bertz CT molecular complexity index is 1160. The van der Waals surface area contributed by atoms with E-state index in [0.29, 0.717) is 11.6 Å². The third-order valence-corrected chi connectivity index (χ3v) is 4.40. The van der Waals surface area contributed by atoms with E-state index in [1.807, 2.05) is 6.92 Å². The van der Waals surface area contributed by atoms with E-state index in [1.165, 1.54) is 31.4 Å². The molecule has 0 saturated carbocycles. The molecule has 31 heavy (non-hydrogen) atoms. The van der Waals surface area contributed by atoms with Gasteiger partial charge in [0, 0.05) is 11.8 Å². The first-order valence-electron chi connectivity index (χ1n) is 9.16. The number of aromatic nitrogens is 1. The number of pyridine rings is 1. The van der Waals surface area contributed by atoms with E-state index >= 15 is 0 Å². The molecule has 8 nitrogen and oxygen atoms in total. The fourth-order valence-corrected chi connectivity index (χ4v) is 2.73. The smallest absolute Gasteiger partial charge is 0.259 e. The van der Waals surface area contributed by atoms with Gasteiger partial charge in [-0.1, -0.05) is 12.1 Å². The molecule has 0 aliphatic rings. The van der Waals surface area contributed by atoms with E-state index < -0.39 is 17.6 Å². The van der Waals surface area contributed by atoms with E-state index in [1.54, 1.807) is 24.4 Å². The maximum absolute atomic E-state index is 14.3. The summed E-state index contributed by atoms with van der Waals surface area (Å²) in [5.41, 5.74) is 6.44. The van der Waals surface area contributed by atoms with Crippen LogP contribution in [0.4, 0.5) is 15.9 Å². The zero-order chi connectivity index (χ0) is 22.5. The second-order valence-corrected chi connectivity index (χ2v) is 6.65. The lowest BCUT2D eigenvalue weighted by Crippen LogP contribution is -2.20. The number of carbonyl (C=O) groups excluding carboxylic acids is 2. The van der Waals surface area contributed by atoms with Crippen LogP contribution in [0, 0.1) is 18.2 Å². The molecule has 1 aromatic heterocycles. The Balaban J connectivity index is 1.89. The van der Waals surface area contributed by atoms with Gasteiger partial charge in [-0.2, -0.15) is 0 Å². The zero-order valence-corrected chi connectivity index (χ0v) is 16.8. The van der Waals surface area contributed by atoms with E-state index in [-0.39, 0.29) is 28.2 Å². The lowest BCUT2D eigenvalue weighted by Gasteiger charge is -2.13. The van der Waals surface area contributed by atoms with Crippen molar-refractivity contribution < 1.29 is 18.7 Å². The van der Waals surface area contributed by atoms with E-state index in [4.69, 9.17) is 15.9 Å². The molecular weight excluding hydrogens is 401 g/mol. The minimum atomic E-state index is -0.839. The quantitative estimate of drug-likeness (QED) is 0.358. The molecule has 0 fully saturated rings. The van der Waals surface area contributed by atoms with Crippen LogP contribution in [0.3, 0.4) is 0 Å². The van der Waals surface area contributed by atoms with Crippen LogP contribution in [0.25, 0.3) is 0 Å². The fourth-order valence-electron chi connectivity index (χ4n) is 2.73. The Hall–Kier alpha value is -4.27. The second kappa shape index (κ2) is 9.04. The van der Waals surface area contributed by atoms with Gasteiger partial charge in [0.05, 0.1) is 23.9 Å². The molecule has 158 valence electrons. The number of ether oxygens (including phenoxy) is 1. The number of halogens is 1. The molecule has 0 atom stereocenters. The summed E-state index contributed by atoms with van der Waals surface area (Å²) in [6.45, 7) is 1.87. The van der Waals surface area contributed by atoms with Crippen molar-refractivity contribution in [1.82, 2.24) is 4.98 Å². The molecule has 3 rings (SSSR count). The highest BCUT2D eigenvalue weighted by Gasteiger charge is 2.19. The van der Waals surface area contributed by atoms with Crippen molar-refractivity contribution in [3.63, 3.8) is 0 Å². The van der Waals surface area contributed by atoms with Crippen LogP contribution >= 0.6 is 0 Å². The van der Waals surface area contributed by atoms with Crippen molar-refractivity contribution in [3.05, 3.63) is 82.8 Å². The SMILES string of the molecule is COc1ccc(NC(=O)c2ccc(C(=N)N)cc2F)c(C(=O)Nc2ccc(C)cn2)c1. The van der Waals surface area contributed by atoms with Crippen LogP contribution in [0.1, 0.15) is 31.8 Å². The first-order valence-corrected chi connectivity index (χ1v) is 9.16. The lowest BCUT2D eigenvalue weighted by atomic mass is 10.1. The van der Waals surface area contributed by atoms with Crippen LogP contribution < -0.4 is 21.1 Å². The number of hydrogen-bond acceptors (Lipinski definition) is 5. The summed E-state index contributed by atoms with van der Waals surface area (Å²) in [7, 11) is 1.45. The molecule has 1 heterocycles. The Morgan fingerprint density at radius 3 is 2.39 bits per heavy atom. The second-order valence-electron chi connectivity index (χ2n) is 6.65. The van der Waals surface area contributed by atoms with Gasteiger partial charge in [0.25, 0.3) is 11.8 Å². The first kappa shape index (κ1) is 21.4. The molecule has 0 unspecified atom stereocenters. The summed E-state index contributed by atoms with van der Waals surface area (Å²) >= 11 is 0. The predicted molar refractivity (Wildman–Crippen MR) is 115 cm³/mol. The Morgan fingerprint density at radius 2 is 1.77 bits per heavy atom. The summed E-state index contributed by atoms with van der Waals surface area (Å²) in [4.78, 5) is 29.6. The molecule has 0 aliphatic heterocycles. The van der Waals surface area contributed by atoms with Gasteiger partial charge in [-0.05, 0) is 48.9 Å². The summed E-state index contributed by atoms with van der Waals surface area (Å²) in [6.07, 6.45) is 1.61. The van der Waals surface area contributed by atoms with E-state index in [2.05, 4.69) is 15.6 Å². The van der Waals surface area contributed by atoms with Crippen molar-refractivity contribution in [1.29, 1.82) is 5.41 Å². The van der Waals surface area contributed by atoms with Crippen LogP contribution in [0.5, 0.6) is 5.75 Å². The average molecular weight is 421 g/mol. The largest absolute Gasteiger partial charge is 0.497 e. The summed E-state index contributed by atoms with van der Waals surface area (Å²) in [5, 5.41) is 12.6. The highest BCUT2D eigenvalue weighted by molar-refractivity contribution is 6.12. The Labute approximate surface area is 177 Å². The molecule has 0 aliphatic carbocycles. The summed E-state index contributed by atoms with van der Waals surface area (Å²) in [5.74, 6) is -1.71. The number of benzene rings is 2. The van der Waals surface area contributed by atoms with Gasteiger partial charge in [0.2, 0.25) is 0 Å². The van der Waals surface area contributed by atoms with Crippen molar-refractivity contribution >= 4 is 29.2 Å². The van der Waals surface area contributed by atoms with Crippen molar-refractivity contribution in [2.24, 2.45) is 5.73 Å². The highest BCUT2D eigenvalue weighted by Crippen LogP contribution is 2.24. The minimum Gasteiger partial charge on any atom is -0.497 e. The number of methoxy groups -OCH3 is 1. The monoisotopic (exact) mass is 421 g/mol. The maximum atomic E-state index is 14.3. The topological polar surface area (TPSA) is 130 Å². The molecule has 3 aromatic rings. The van der Waals surface area contributed by atoms with Crippen LogP contribution in [-0.2, 0) is 0 Å². The molecule has 9 heteroatoms. The van der Waals surface area contributed by atoms with Gasteiger partial charge >= 0.3 is 0 Å². The van der Waals surface area contributed by atoms with Crippen molar-refractivity contribution in [2.75, 3.05) is 17.7 Å². The number of amides is 2. The molecule has 2 aromatic carbocycles. The number of carbonyl (C=O) groups is 2. The standard InChI is InChI=1S/C22H20FN5O3/c1-12-3-8-19(26-11-12)28-22(30)16-10-14(31-2)5-7-18(16)27-21(29)15-6-4-13(20(24)25)9-17(15)23/h3-11H,1-2H3,(H3,24,25)(H,27,29)(H,26,28,30). The molecular formula is C22H20FN5O3. The van der Waals surface area contributed by atoms with Crippen molar-refractivity contribution in [2.45, 2.75) is 6.92 Å². The number of aryl methyl sites for hydroxylation is 1. The zero-order valence-electron chi connectivity index (χ0n) is 16.8. The van der Waals surface area contributed by atoms with Gasteiger partial charge < -0.3 is 21.1 Å². The number of nitrogens with zero attached hydrogens (tertiary/aromatic N) is 1. The highest BCUT2D eigenvalue weighted by atomic mass is 19.1. The number of nitrogens with two attached hydrogens (primary N) is 1. The average Bonchev–Trinajstić information content (AvgIpc) is 2.75. The van der Waals surface area contributed by atoms with Crippen LogP contribution in [0.2, 0.25) is 0 Å². The molecule has 0 bridgehead atoms. The van der Waals surface area contributed by atoms with Gasteiger partial charge in [0.15, 0.2) is 0 Å². The Kier molecular flexibility index (Phi) is 6.25. The molecule has 5 N–H and O–H groups in total. The van der Waals surface area contributed by atoms with Gasteiger partial charge in [-0.15, -0.1) is 0 Å². The van der Waals surface area contributed by atoms with Crippen LogP contribution in [0.15, 0.2) is 54.7 Å². The minimum absolute atomic E-state index is 0.107. The summed E-state index contributed by atoms with van der Waals surface area (Å²) < 4.78 is 19.5. The number of rotatable bonds is 6. The van der Waals surface area contributed by atoms with Crippen LogP contribution in [-0.4, -0.2) is 29.7 Å². The third-order valence-electron chi connectivity index (χ3n) is 4.40. The first-order chi connectivity index (χ1) is 14.8. The molecule has 2 amide bonds. The van der Waals surface area contributed by atoms with Crippen molar-refractivity contribution in [3.8, 4) is 5.75 Å². The predicted octanol–water partition coefficient (Wildman–Crippen LogP) is 3.33.